The number of para-hydroxylation sites is 1. The van der Waals surface area contributed by atoms with E-state index in [2.05, 4.69) is 15.6 Å². The third kappa shape index (κ3) is 4.76. The number of rotatable bonds is 8. The van der Waals surface area contributed by atoms with Crippen molar-refractivity contribution < 1.29 is 13.9 Å². The minimum absolute atomic E-state index is 0.0961. The Balaban J connectivity index is 1.57. The molecule has 9 heteroatoms. The van der Waals surface area contributed by atoms with Crippen LogP contribution in [0.2, 0.25) is 5.02 Å². The lowest BCUT2D eigenvalue weighted by Crippen LogP contribution is -2.17. The highest BCUT2D eigenvalue weighted by Crippen LogP contribution is 2.28. The maximum absolute atomic E-state index is 14.0. The van der Waals surface area contributed by atoms with E-state index in [1.165, 1.54) is 6.07 Å². The van der Waals surface area contributed by atoms with Crippen LogP contribution in [0.4, 0.5) is 4.39 Å². The number of methoxy groups -OCH3 is 1. The second-order valence-electron chi connectivity index (χ2n) is 6.86. The van der Waals surface area contributed by atoms with Gasteiger partial charge in [-0.05, 0) is 48.6 Å². The lowest BCUT2D eigenvalue weighted by Gasteiger charge is -2.15. The summed E-state index contributed by atoms with van der Waals surface area (Å²) in [7, 11) is 1.60. The molecule has 32 heavy (non-hydrogen) atoms. The van der Waals surface area contributed by atoms with Gasteiger partial charge in [0.15, 0.2) is 5.82 Å². The van der Waals surface area contributed by atoms with Crippen molar-refractivity contribution in [2.45, 2.75) is 13.2 Å². The van der Waals surface area contributed by atoms with Gasteiger partial charge in [0.25, 0.3) is 0 Å². The third-order valence-electron chi connectivity index (χ3n) is 4.81. The van der Waals surface area contributed by atoms with Crippen molar-refractivity contribution in [3.63, 3.8) is 0 Å². The van der Waals surface area contributed by atoms with E-state index in [9.17, 15) is 4.39 Å². The number of benzene rings is 3. The lowest BCUT2D eigenvalue weighted by molar-refractivity contribution is 0.297. The molecule has 4 rings (SSSR count). The van der Waals surface area contributed by atoms with Gasteiger partial charge in [-0.25, -0.2) is 14.2 Å². The molecule has 2 N–H and O–H groups in total. The SMILES string of the molecule is COc1ccccc1-c1n[nH]c(=S)n1NCc1cc(Cl)ccc1OCc1ccccc1F. The van der Waals surface area contributed by atoms with Crippen molar-refractivity contribution >= 4 is 23.8 Å². The van der Waals surface area contributed by atoms with E-state index in [1.54, 1.807) is 48.2 Å². The van der Waals surface area contributed by atoms with Crippen molar-refractivity contribution in [1.82, 2.24) is 14.9 Å². The topological polar surface area (TPSA) is 64.1 Å². The minimum atomic E-state index is -0.313. The van der Waals surface area contributed by atoms with Crippen LogP contribution in [0.1, 0.15) is 11.1 Å². The first-order valence-electron chi connectivity index (χ1n) is 9.76. The van der Waals surface area contributed by atoms with Crippen LogP contribution in [0.5, 0.6) is 11.5 Å². The number of hydrogen-bond donors (Lipinski definition) is 2. The van der Waals surface area contributed by atoms with E-state index in [0.717, 1.165) is 11.1 Å². The molecule has 6 nitrogen and oxygen atoms in total. The fourth-order valence-electron chi connectivity index (χ4n) is 3.22. The van der Waals surface area contributed by atoms with Crippen LogP contribution in [0.15, 0.2) is 66.7 Å². The maximum atomic E-state index is 14.0. The summed E-state index contributed by atoms with van der Waals surface area (Å²) in [6.07, 6.45) is 0. The zero-order chi connectivity index (χ0) is 22.5. The molecular formula is C23H20ClFN4O2S. The monoisotopic (exact) mass is 470 g/mol. The van der Waals surface area contributed by atoms with Gasteiger partial charge in [-0.3, -0.25) is 0 Å². The van der Waals surface area contributed by atoms with E-state index >= 15 is 0 Å². The van der Waals surface area contributed by atoms with Gasteiger partial charge in [-0.15, -0.1) is 0 Å². The van der Waals surface area contributed by atoms with Crippen LogP contribution in [-0.2, 0) is 13.2 Å². The molecule has 4 aromatic rings. The first-order valence-corrected chi connectivity index (χ1v) is 10.5. The Kier molecular flexibility index (Phi) is 6.72. The van der Waals surface area contributed by atoms with E-state index in [1.807, 2.05) is 24.3 Å². The molecule has 0 bridgehead atoms. The molecule has 0 spiro atoms. The fraction of sp³-hybridized carbons (Fsp3) is 0.130. The van der Waals surface area contributed by atoms with Crippen LogP contribution in [0.25, 0.3) is 11.4 Å². The molecule has 0 saturated heterocycles. The Bertz CT molecular complexity index is 1290. The zero-order valence-electron chi connectivity index (χ0n) is 17.1. The first-order chi connectivity index (χ1) is 15.6. The second kappa shape index (κ2) is 9.84. The molecule has 164 valence electrons. The van der Waals surface area contributed by atoms with E-state index < -0.39 is 0 Å². The summed E-state index contributed by atoms with van der Waals surface area (Å²) in [5.41, 5.74) is 5.28. The van der Waals surface area contributed by atoms with Gasteiger partial charge < -0.3 is 14.9 Å². The molecule has 1 aromatic heterocycles. The molecule has 0 radical (unpaired) electrons. The van der Waals surface area contributed by atoms with Crippen LogP contribution in [0.3, 0.4) is 0 Å². The van der Waals surface area contributed by atoms with Crippen LogP contribution in [-0.4, -0.2) is 22.0 Å². The molecule has 0 saturated carbocycles. The Morgan fingerprint density at radius 3 is 2.66 bits per heavy atom. The molecule has 0 aliphatic rings. The minimum Gasteiger partial charge on any atom is -0.496 e. The summed E-state index contributed by atoms with van der Waals surface area (Å²) < 4.78 is 27.3. The number of aromatic nitrogens is 3. The number of ether oxygens (including phenoxy) is 2. The Hall–Kier alpha value is -3.36. The van der Waals surface area contributed by atoms with Gasteiger partial charge in [-0.2, -0.15) is 5.10 Å². The highest BCUT2D eigenvalue weighted by molar-refractivity contribution is 7.71. The number of nitrogens with zero attached hydrogens (tertiary/aromatic N) is 2. The first kappa shape index (κ1) is 21.9. The van der Waals surface area contributed by atoms with Crippen molar-refractivity contribution in [3.8, 4) is 22.9 Å². The maximum Gasteiger partial charge on any atom is 0.214 e. The van der Waals surface area contributed by atoms with Crippen LogP contribution >= 0.6 is 23.8 Å². The lowest BCUT2D eigenvalue weighted by atomic mass is 10.2. The number of H-pyrrole nitrogens is 1. The Morgan fingerprint density at radius 1 is 1.06 bits per heavy atom. The summed E-state index contributed by atoms with van der Waals surface area (Å²) in [4.78, 5) is 0. The van der Waals surface area contributed by atoms with Crippen LogP contribution < -0.4 is 14.9 Å². The average Bonchev–Trinajstić information content (AvgIpc) is 3.18. The van der Waals surface area contributed by atoms with Gasteiger partial charge in [0.1, 0.15) is 23.9 Å². The Morgan fingerprint density at radius 2 is 1.84 bits per heavy atom. The predicted octanol–water partition coefficient (Wildman–Crippen LogP) is 5.73. The van der Waals surface area contributed by atoms with Gasteiger partial charge in [-0.1, -0.05) is 41.9 Å². The number of halogens is 2. The van der Waals surface area contributed by atoms with Gasteiger partial charge in [0.05, 0.1) is 19.2 Å². The van der Waals surface area contributed by atoms with E-state index in [-0.39, 0.29) is 12.4 Å². The summed E-state index contributed by atoms with van der Waals surface area (Å²) in [6, 6.07) is 19.3. The molecule has 0 unspecified atom stereocenters. The quantitative estimate of drug-likeness (QED) is 0.322. The molecular weight excluding hydrogens is 451 g/mol. The fourth-order valence-corrected chi connectivity index (χ4v) is 3.61. The Labute approximate surface area is 194 Å². The van der Waals surface area contributed by atoms with Gasteiger partial charge >= 0.3 is 0 Å². The van der Waals surface area contributed by atoms with E-state index in [4.69, 9.17) is 33.3 Å². The molecule has 1 heterocycles. The summed E-state index contributed by atoms with van der Waals surface area (Å²) in [5.74, 6) is 1.51. The molecule has 3 aromatic carbocycles. The average molecular weight is 471 g/mol. The second-order valence-corrected chi connectivity index (χ2v) is 7.68. The largest absolute Gasteiger partial charge is 0.496 e. The van der Waals surface area contributed by atoms with Crippen molar-refractivity contribution in [2.75, 3.05) is 12.5 Å². The van der Waals surface area contributed by atoms with E-state index in [0.29, 0.717) is 39.2 Å². The smallest absolute Gasteiger partial charge is 0.214 e. The molecule has 0 aliphatic heterocycles. The van der Waals surface area contributed by atoms with Crippen molar-refractivity contribution in [3.05, 3.63) is 93.5 Å². The zero-order valence-corrected chi connectivity index (χ0v) is 18.7. The summed E-state index contributed by atoms with van der Waals surface area (Å²) >= 11 is 11.6. The molecule has 0 atom stereocenters. The highest BCUT2D eigenvalue weighted by atomic mass is 35.5. The molecule has 0 fully saturated rings. The number of hydrogen-bond acceptors (Lipinski definition) is 5. The summed E-state index contributed by atoms with van der Waals surface area (Å²) in [6.45, 7) is 0.433. The number of nitrogens with one attached hydrogen (secondary N) is 2. The number of aromatic amines is 1. The predicted molar refractivity (Wildman–Crippen MR) is 125 cm³/mol. The molecule has 0 amide bonds. The normalized spacial score (nSPS) is 10.7. The van der Waals surface area contributed by atoms with Crippen molar-refractivity contribution in [1.29, 1.82) is 0 Å². The van der Waals surface area contributed by atoms with Gasteiger partial charge in [0, 0.05) is 16.1 Å². The van der Waals surface area contributed by atoms with Crippen molar-refractivity contribution in [2.24, 2.45) is 0 Å². The summed E-state index contributed by atoms with van der Waals surface area (Å²) in [5, 5.41) is 7.69. The molecule has 0 aliphatic carbocycles. The third-order valence-corrected chi connectivity index (χ3v) is 5.32. The van der Waals surface area contributed by atoms with Crippen LogP contribution in [0, 0.1) is 10.6 Å². The van der Waals surface area contributed by atoms with Gasteiger partial charge in [0.2, 0.25) is 4.77 Å². The standard InChI is InChI=1S/C23H20ClFN4O2S/c1-30-21-9-5-3-7-18(21)22-27-28-23(32)29(22)26-13-16-12-17(24)10-11-20(16)31-14-15-6-2-4-8-19(15)25/h2-12,26H,13-14H2,1H3,(H,28,32). The highest BCUT2D eigenvalue weighted by Gasteiger charge is 2.14.